The summed E-state index contributed by atoms with van der Waals surface area (Å²) in [4.78, 5) is 2.32. The molecule has 0 saturated heterocycles. The maximum absolute atomic E-state index is 3.69. The summed E-state index contributed by atoms with van der Waals surface area (Å²) < 4.78 is 0. The second-order valence-corrected chi connectivity index (χ2v) is 4.05. The second kappa shape index (κ2) is 4.49. The van der Waals surface area contributed by atoms with Gasteiger partial charge >= 0.3 is 0 Å². The minimum Gasteiger partial charge on any atom is -0.374 e. The summed E-state index contributed by atoms with van der Waals surface area (Å²) in [6.45, 7) is 6.65. The van der Waals surface area contributed by atoms with Crippen LogP contribution >= 0.6 is 0 Å². The van der Waals surface area contributed by atoms with E-state index in [9.17, 15) is 0 Å². The molecule has 1 aliphatic heterocycles. The highest BCUT2D eigenvalue weighted by Crippen LogP contribution is 2.27. The monoisotopic (exact) mass is 202 g/mol. The molecule has 2 heteroatoms. The fourth-order valence-corrected chi connectivity index (χ4v) is 2.05. The Morgan fingerprint density at radius 1 is 1.53 bits per heavy atom. The molecule has 0 fully saturated rings. The smallest absolute Gasteiger partial charge is 0.0397 e. The lowest BCUT2D eigenvalue weighted by atomic mass is 10.1. The summed E-state index contributed by atoms with van der Waals surface area (Å²) in [5, 5.41) is 3.32. The summed E-state index contributed by atoms with van der Waals surface area (Å²) in [6, 6.07) is 6.75. The summed E-state index contributed by atoms with van der Waals surface area (Å²) in [5.41, 5.74) is 4.24. The van der Waals surface area contributed by atoms with Crippen LogP contribution in [0.3, 0.4) is 0 Å². The van der Waals surface area contributed by atoms with E-state index in [4.69, 9.17) is 0 Å². The predicted molar refractivity (Wildman–Crippen MR) is 65.3 cm³/mol. The van der Waals surface area contributed by atoms with Crippen LogP contribution in [0.5, 0.6) is 0 Å². The van der Waals surface area contributed by atoms with Gasteiger partial charge in [-0.3, -0.25) is 0 Å². The Bertz CT molecular complexity index is 358. The number of likely N-dealkylation sites (N-methyl/N-ethyl adjacent to an activating group) is 1. The molecule has 0 bridgehead atoms. The summed E-state index contributed by atoms with van der Waals surface area (Å²) in [6.07, 6.45) is 3.07. The number of anilines is 1. The largest absolute Gasteiger partial charge is 0.374 e. The average Bonchev–Trinajstić information content (AvgIpc) is 2.61. The molecule has 2 rings (SSSR count). The van der Waals surface area contributed by atoms with E-state index in [1.54, 1.807) is 0 Å². The first kappa shape index (κ1) is 10.2. The van der Waals surface area contributed by atoms with Crippen LogP contribution in [-0.2, 0) is 13.0 Å². The first-order chi connectivity index (χ1) is 7.31. The zero-order valence-corrected chi connectivity index (χ0v) is 9.29. The minimum absolute atomic E-state index is 0.872. The van der Waals surface area contributed by atoms with Crippen LogP contribution in [0.2, 0.25) is 0 Å². The topological polar surface area (TPSA) is 15.3 Å². The summed E-state index contributed by atoms with van der Waals surface area (Å²) >= 11 is 0. The maximum atomic E-state index is 3.69. The van der Waals surface area contributed by atoms with Crippen LogP contribution in [0, 0.1) is 0 Å². The molecular formula is C13H18N2. The van der Waals surface area contributed by atoms with E-state index in [-0.39, 0.29) is 0 Å². The normalized spacial score (nSPS) is 14.1. The number of rotatable bonds is 4. The number of nitrogens with one attached hydrogen (secondary N) is 1. The molecule has 80 valence electrons. The summed E-state index contributed by atoms with van der Waals surface area (Å²) in [5.74, 6) is 0. The van der Waals surface area contributed by atoms with Gasteiger partial charge in [-0.2, -0.15) is 0 Å². The quantitative estimate of drug-likeness (QED) is 0.593. The first-order valence-electron chi connectivity index (χ1n) is 5.46. The Kier molecular flexibility index (Phi) is 3.07. The van der Waals surface area contributed by atoms with Gasteiger partial charge in [0, 0.05) is 32.4 Å². The van der Waals surface area contributed by atoms with Crippen molar-refractivity contribution in [2.75, 3.05) is 25.0 Å². The van der Waals surface area contributed by atoms with Gasteiger partial charge in [-0.1, -0.05) is 18.2 Å². The summed E-state index contributed by atoms with van der Waals surface area (Å²) in [7, 11) is 2.15. The Morgan fingerprint density at radius 3 is 3.20 bits per heavy atom. The molecule has 0 aromatic heterocycles. The SMILES string of the molecule is C=CCNCc1ccc2c(c1)CCN2C. The van der Waals surface area contributed by atoms with Gasteiger partial charge < -0.3 is 10.2 Å². The molecule has 15 heavy (non-hydrogen) atoms. The molecule has 2 nitrogen and oxygen atoms in total. The highest BCUT2D eigenvalue weighted by molar-refractivity contribution is 5.58. The number of benzene rings is 1. The van der Waals surface area contributed by atoms with Gasteiger partial charge in [0.1, 0.15) is 0 Å². The highest BCUT2D eigenvalue weighted by Gasteiger charge is 2.14. The van der Waals surface area contributed by atoms with Crippen molar-refractivity contribution >= 4 is 5.69 Å². The number of fused-ring (bicyclic) bond motifs is 1. The highest BCUT2D eigenvalue weighted by atomic mass is 15.1. The average molecular weight is 202 g/mol. The predicted octanol–water partition coefficient (Wildman–Crippen LogP) is 1.95. The van der Waals surface area contributed by atoms with Gasteiger partial charge in [-0.15, -0.1) is 6.58 Å². The van der Waals surface area contributed by atoms with Crippen molar-refractivity contribution in [3.8, 4) is 0 Å². The van der Waals surface area contributed by atoms with Crippen LogP contribution in [0.25, 0.3) is 0 Å². The van der Waals surface area contributed by atoms with Crippen molar-refractivity contribution < 1.29 is 0 Å². The van der Waals surface area contributed by atoms with E-state index in [0.717, 1.165) is 19.6 Å². The molecule has 0 aliphatic carbocycles. The van der Waals surface area contributed by atoms with E-state index < -0.39 is 0 Å². The zero-order chi connectivity index (χ0) is 10.7. The van der Waals surface area contributed by atoms with Gasteiger partial charge in [0.25, 0.3) is 0 Å². The fourth-order valence-electron chi connectivity index (χ4n) is 2.05. The van der Waals surface area contributed by atoms with Gasteiger partial charge in [-0.25, -0.2) is 0 Å². The molecule has 0 atom stereocenters. The Hall–Kier alpha value is -1.28. The second-order valence-electron chi connectivity index (χ2n) is 4.05. The van der Waals surface area contributed by atoms with Crippen LogP contribution in [-0.4, -0.2) is 20.1 Å². The van der Waals surface area contributed by atoms with Crippen molar-refractivity contribution in [1.29, 1.82) is 0 Å². The molecule has 1 N–H and O–H groups in total. The third-order valence-electron chi connectivity index (χ3n) is 2.89. The van der Waals surface area contributed by atoms with Crippen LogP contribution in [0.1, 0.15) is 11.1 Å². The molecule has 0 amide bonds. The lowest BCUT2D eigenvalue weighted by molar-refractivity contribution is 0.760. The Labute approximate surface area is 91.6 Å². The van der Waals surface area contributed by atoms with Crippen LogP contribution < -0.4 is 10.2 Å². The van der Waals surface area contributed by atoms with E-state index >= 15 is 0 Å². The molecule has 1 aromatic rings. The van der Waals surface area contributed by atoms with E-state index in [1.807, 2.05) is 6.08 Å². The molecular weight excluding hydrogens is 184 g/mol. The number of hydrogen-bond donors (Lipinski definition) is 1. The number of hydrogen-bond acceptors (Lipinski definition) is 2. The molecule has 1 aliphatic rings. The van der Waals surface area contributed by atoms with Gasteiger partial charge in [0.05, 0.1) is 0 Å². The molecule has 0 radical (unpaired) electrons. The minimum atomic E-state index is 0.872. The van der Waals surface area contributed by atoms with Crippen LogP contribution in [0.4, 0.5) is 5.69 Å². The lowest BCUT2D eigenvalue weighted by Gasteiger charge is -2.12. The third-order valence-corrected chi connectivity index (χ3v) is 2.89. The maximum Gasteiger partial charge on any atom is 0.0397 e. The Morgan fingerprint density at radius 2 is 2.40 bits per heavy atom. The van der Waals surface area contributed by atoms with Crippen molar-refractivity contribution in [2.24, 2.45) is 0 Å². The molecule has 0 spiro atoms. The van der Waals surface area contributed by atoms with Gasteiger partial charge in [0.15, 0.2) is 0 Å². The first-order valence-corrected chi connectivity index (χ1v) is 5.46. The van der Waals surface area contributed by atoms with E-state index in [2.05, 4.69) is 42.0 Å². The van der Waals surface area contributed by atoms with E-state index in [0.29, 0.717) is 0 Å². The van der Waals surface area contributed by atoms with Gasteiger partial charge in [-0.05, 0) is 23.6 Å². The fraction of sp³-hybridized carbons (Fsp3) is 0.385. The standard InChI is InChI=1S/C13H18N2/c1-3-7-14-10-11-4-5-13-12(9-11)6-8-15(13)2/h3-5,9,14H,1,6-8,10H2,2H3. The zero-order valence-electron chi connectivity index (χ0n) is 9.29. The Balaban J connectivity index is 2.06. The molecule has 0 saturated carbocycles. The van der Waals surface area contributed by atoms with Crippen LogP contribution in [0.15, 0.2) is 30.9 Å². The van der Waals surface area contributed by atoms with Crippen molar-refractivity contribution in [1.82, 2.24) is 5.32 Å². The lowest BCUT2D eigenvalue weighted by Crippen LogP contribution is -2.13. The van der Waals surface area contributed by atoms with Gasteiger partial charge in [0.2, 0.25) is 0 Å². The van der Waals surface area contributed by atoms with Crippen molar-refractivity contribution in [3.05, 3.63) is 42.0 Å². The molecule has 1 heterocycles. The van der Waals surface area contributed by atoms with Crippen molar-refractivity contribution in [3.63, 3.8) is 0 Å². The van der Waals surface area contributed by atoms with Crippen molar-refractivity contribution in [2.45, 2.75) is 13.0 Å². The number of nitrogens with zero attached hydrogens (tertiary/aromatic N) is 1. The molecule has 1 aromatic carbocycles. The molecule has 0 unspecified atom stereocenters. The third kappa shape index (κ3) is 2.21. The van der Waals surface area contributed by atoms with E-state index in [1.165, 1.54) is 23.2 Å².